The fourth-order valence-electron chi connectivity index (χ4n) is 4.10. The smallest absolute Gasteiger partial charge is 0.377 e. The number of carbonyl (C=O) groups is 1. The molecular weight excluding hydrogens is 483 g/mol. The second-order valence-electron chi connectivity index (χ2n) is 9.59. The van der Waals surface area contributed by atoms with Crippen molar-refractivity contribution in [2.24, 2.45) is 0 Å². The maximum atomic E-state index is 11.4. The fraction of sp³-hybridized carbons (Fsp3) is 0.963. The van der Waals surface area contributed by atoms with Crippen LogP contribution in [0.3, 0.4) is 0 Å². The molecule has 0 aliphatic rings. The lowest BCUT2D eigenvalue weighted by Gasteiger charge is -2.24. The molecule has 0 rings (SSSR count). The molecule has 0 saturated carbocycles. The third-order valence-corrected chi connectivity index (χ3v) is 8.81. The summed E-state index contributed by atoms with van der Waals surface area (Å²) < 4.78 is 22.4. The van der Waals surface area contributed by atoms with Crippen LogP contribution in [0.15, 0.2) is 0 Å². The number of rotatable bonds is 27. The van der Waals surface area contributed by atoms with E-state index >= 15 is 0 Å². The second kappa shape index (κ2) is 27.0. The molecule has 0 spiro atoms. The van der Waals surface area contributed by atoms with Gasteiger partial charge in [0.25, 0.3) is 0 Å². The molecule has 0 amide bonds. The minimum atomic E-state index is -3.01. The summed E-state index contributed by atoms with van der Waals surface area (Å²) in [6.07, 6.45) is 23.3. The van der Waals surface area contributed by atoms with Crippen LogP contribution in [0.5, 0.6) is 0 Å². The van der Waals surface area contributed by atoms with Gasteiger partial charge in [-0.1, -0.05) is 110 Å². The largest absolute Gasteiger partial charge is 0.421 e. The Morgan fingerprint density at radius 3 is 1.83 bits per heavy atom. The number of ether oxygens (including phenoxy) is 1. The Bertz CT molecular complexity index is 494. The van der Waals surface area contributed by atoms with Crippen LogP contribution in [0.2, 0.25) is 0 Å². The van der Waals surface area contributed by atoms with Crippen LogP contribution in [0.1, 0.15) is 136 Å². The highest BCUT2D eigenvalue weighted by Gasteiger charge is 2.18. The maximum Gasteiger partial charge on any atom is 0.421 e. The van der Waals surface area contributed by atoms with Crippen LogP contribution in [0.25, 0.3) is 0 Å². The lowest BCUT2D eigenvalue weighted by atomic mass is 10.1. The van der Waals surface area contributed by atoms with Gasteiger partial charge in [-0.25, -0.2) is 4.79 Å². The summed E-state index contributed by atoms with van der Waals surface area (Å²) in [7, 11) is -3.01. The van der Waals surface area contributed by atoms with Gasteiger partial charge >= 0.3 is 13.7 Å². The molecule has 35 heavy (non-hydrogen) atoms. The lowest BCUT2D eigenvalue weighted by Crippen LogP contribution is -2.24. The van der Waals surface area contributed by atoms with E-state index in [9.17, 15) is 9.36 Å². The van der Waals surface area contributed by atoms with Crippen molar-refractivity contribution in [3.63, 3.8) is 0 Å². The molecule has 0 radical (unpaired) electrons. The predicted octanol–water partition coefficient (Wildman–Crippen LogP) is 9.66. The van der Waals surface area contributed by atoms with Gasteiger partial charge in [0.2, 0.25) is 0 Å². The Morgan fingerprint density at radius 2 is 1.29 bits per heavy atom. The van der Waals surface area contributed by atoms with Crippen molar-refractivity contribution in [1.29, 1.82) is 0 Å². The average molecular weight is 539 g/mol. The summed E-state index contributed by atoms with van der Waals surface area (Å²) in [4.78, 5) is 14.3. The zero-order chi connectivity index (χ0) is 26.0. The van der Waals surface area contributed by atoms with Crippen molar-refractivity contribution in [2.45, 2.75) is 148 Å². The van der Waals surface area contributed by atoms with Gasteiger partial charge < -0.3 is 9.26 Å². The highest BCUT2D eigenvalue weighted by molar-refractivity contribution is 7.99. The van der Waals surface area contributed by atoms with Crippen LogP contribution < -0.4 is 0 Å². The van der Waals surface area contributed by atoms with Crippen molar-refractivity contribution in [3.8, 4) is 0 Å². The van der Waals surface area contributed by atoms with Gasteiger partial charge in [-0.15, -0.1) is 0 Å². The summed E-state index contributed by atoms with van der Waals surface area (Å²) >= 11 is 2.06. The Labute approximate surface area is 220 Å². The van der Waals surface area contributed by atoms with Crippen LogP contribution >= 0.6 is 19.8 Å². The maximum absolute atomic E-state index is 11.4. The third kappa shape index (κ3) is 22.8. The first kappa shape index (κ1) is 34.9. The van der Waals surface area contributed by atoms with E-state index in [1.807, 2.05) is 0 Å². The first-order valence-corrected chi connectivity index (χ1v) is 16.7. The molecule has 0 aromatic heterocycles. The molecule has 0 heterocycles. The lowest BCUT2D eigenvalue weighted by molar-refractivity contribution is -0.168. The van der Waals surface area contributed by atoms with E-state index in [1.165, 1.54) is 115 Å². The Morgan fingerprint density at radius 1 is 0.771 bits per heavy atom. The van der Waals surface area contributed by atoms with E-state index in [0.29, 0.717) is 18.3 Å². The second-order valence-corrected chi connectivity index (χ2v) is 12.2. The number of carbonyl (C=O) groups excluding carboxylic acids is 1. The summed E-state index contributed by atoms with van der Waals surface area (Å²) in [5.41, 5.74) is -1.22. The first-order valence-electron chi connectivity index (χ1n) is 14.3. The SMILES string of the molecule is CCCCCCCCCCCSC(CCCCCCCCC)C(C)OCCCO[PH](=O)C(=O)OO. The zero-order valence-electron chi connectivity index (χ0n) is 22.9. The van der Waals surface area contributed by atoms with Gasteiger partial charge in [0.15, 0.2) is 0 Å². The van der Waals surface area contributed by atoms with Gasteiger partial charge in [-0.3, -0.25) is 9.45 Å². The molecule has 210 valence electrons. The molecule has 0 aromatic rings. The normalized spacial score (nSPS) is 14.1. The molecule has 0 aromatic carbocycles. The number of hydrogen-bond acceptors (Lipinski definition) is 7. The van der Waals surface area contributed by atoms with E-state index in [4.69, 9.17) is 14.5 Å². The summed E-state index contributed by atoms with van der Waals surface area (Å²) in [6.45, 7) is 7.32. The fourth-order valence-corrected chi connectivity index (χ4v) is 5.98. The van der Waals surface area contributed by atoms with E-state index in [0.717, 1.165) is 0 Å². The zero-order valence-corrected chi connectivity index (χ0v) is 24.7. The Balaban J connectivity index is 4.15. The van der Waals surface area contributed by atoms with Gasteiger partial charge in [0, 0.05) is 11.9 Å². The van der Waals surface area contributed by atoms with Crippen LogP contribution in [-0.4, -0.2) is 41.3 Å². The van der Waals surface area contributed by atoms with E-state index < -0.39 is 13.7 Å². The molecule has 3 atom stereocenters. The van der Waals surface area contributed by atoms with Crippen molar-refractivity contribution in [2.75, 3.05) is 19.0 Å². The van der Waals surface area contributed by atoms with Crippen molar-refractivity contribution < 1.29 is 28.8 Å². The molecule has 0 saturated heterocycles. The molecular formula is C27H55O6PS. The molecule has 6 nitrogen and oxygen atoms in total. The minimum Gasteiger partial charge on any atom is -0.377 e. The molecule has 3 unspecified atom stereocenters. The Kier molecular flexibility index (Phi) is 26.9. The Hall–Kier alpha value is -0.0700. The topological polar surface area (TPSA) is 82.1 Å². The molecule has 1 N–H and O–H groups in total. The number of hydrogen-bond donors (Lipinski definition) is 1. The summed E-state index contributed by atoms with van der Waals surface area (Å²) in [6, 6.07) is 0. The van der Waals surface area contributed by atoms with E-state index in [2.05, 4.69) is 37.4 Å². The van der Waals surface area contributed by atoms with Crippen molar-refractivity contribution >= 4 is 25.5 Å². The van der Waals surface area contributed by atoms with Crippen LogP contribution in [0, 0.1) is 0 Å². The first-order chi connectivity index (χ1) is 17.1. The minimum absolute atomic E-state index is 0.146. The summed E-state index contributed by atoms with van der Waals surface area (Å²) in [5.74, 6) is 1.19. The van der Waals surface area contributed by atoms with Gasteiger partial charge in [-0.2, -0.15) is 17.0 Å². The highest BCUT2D eigenvalue weighted by atomic mass is 32.2. The van der Waals surface area contributed by atoms with Crippen molar-refractivity contribution in [3.05, 3.63) is 0 Å². The molecule has 0 aliphatic carbocycles. The molecule has 0 aliphatic heterocycles. The van der Waals surface area contributed by atoms with Crippen LogP contribution in [0.4, 0.5) is 4.79 Å². The molecule has 0 fully saturated rings. The monoisotopic (exact) mass is 538 g/mol. The van der Waals surface area contributed by atoms with E-state index in [-0.39, 0.29) is 12.7 Å². The third-order valence-electron chi connectivity index (χ3n) is 6.35. The standard InChI is InChI=1S/C27H55O6PS/c1-4-6-8-10-12-13-15-17-19-24-35-26(21-18-16-14-11-9-7-5-2)25(3)31-22-20-23-32-34(30)27(28)33-29/h25-26,29,34H,4-24H2,1-3H3. The number of thioether (sulfide) groups is 1. The molecule has 8 heteroatoms. The molecule has 0 bridgehead atoms. The highest BCUT2D eigenvalue weighted by Crippen LogP contribution is 2.27. The van der Waals surface area contributed by atoms with Gasteiger partial charge in [-0.05, 0) is 31.9 Å². The van der Waals surface area contributed by atoms with E-state index in [1.54, 1.807) is 0 Å². The average Bonchev–Trinajstić information content (AvgIpc) is 2.86. The van der Waals surface area contributed by atoms with Crippen molar-refractivity contribution in [1.82, 2.24) is 0 Å². The number of unbranched alkanes of at least 4 members (excludes halogenated alkanes) is 14. The quantitative estimate of drug-likeness (QED) is 0.0482. The van der Waals surface area contributed by atoms with Crippen LogP contribution in [-0.2, 0) is 18.7 Å². The van der Waals surface area contributed by atoms with Gasteiger partial charge in [0.1, 0.15) is 0 Å². The summed E-state index contributed by atoms with van der Waals surface area (Å²) in [5, 5.41) is 8.71. The predicted molar refractivity (Wildman–Crippen MR) is 150 cm³/mol. The van der Waals surface area contributed by atoms with Gasteiger partial charge in [0.05, 0.1) is 12.7 Å².